The second-order valence-electron chi connectivity index (χ2n) is 6.94. The van der Waals surface area contributed by atoms with E-state index in [4.69, 9.17) is 11.6 Å². The molecule has 3 nitrogen and oxygen atoms in total. The van der Waals surface area contributed by atoms with Gasteiger partial charge >= 0.3 is 0 Å². The fourth-order valence-corrected chi connectivity index (χ4v) is 3.74. The van der Waals surface area contributed by atoms with Crippen LogP contribution in [-0.2, 0) is 20.8 Å². The van der Waals surface area contributed by atoms with Crippen molar-refractivity contribution in [2.75, 3.05) is 0 Å². The van der Waals surface area contributed by atoms with Gasteiger partial charge < -0.3 is 0 Å². The van der Waals surface area contributed by atoms with Crippen LogP contribution in [0.1, 0.15) is 41.9 Å². The molecule has 2 aromatic carbocycles. The molecule has 1 aliphatic carbocycles. The largest absolute Gasteiger partial charge is 0.298 e. The van der Waals surface area contributed by atoms with Crippen molar-refractivity contribution in [1.29, 1.82) is 0 Å². The molecule has 0 amide bonds. The molecule has 0 aliphatic heterocycles. The number of hydrogen-bond donors (Lipinski definition) is 0. The predicted molar refractivity (Wildman–Crippen MR) is 101 cm³/mol. The molecule has 0 unspecified atom stereocenters. The van der Waals surface area contributed by atoms with Gasteiger partial charge in [-0.3, -0.25) is 14.4 Å². The Labute approximate surface area is 158 Å². The van der Waals surface area contributed by atoms with Crippen molar-refractivity contribution in [2.24, 2.45) is 5.92 Å². The molecule has 0 radical (unpaired) electrons. The van der Waals surface area contributed by atoms with E-state index in [1.165, 1.54) is 0 Å². The fourth-order valence-electron chi connectivity index (χ4n) is 3.51. The normalized spacial score (nSPS) is 20.2. The van der Waals surface area contributed by atoms with Crippen LogP contribution in [0, 0.1) is 12.8 Å². The van der Waals surface area contributed by atoms with Crippen molar-refractivity contribution in [3.05, 3.63) is 70.2 Å². The molecular formula is C22H21ClO3. The first-order valence-electron chi connectivity index (χ1n) is 8.84. The summed E-state index contributed by atoms with van der Waals surface area (Å²) in [6.07, 6.45) is 1.09. The van der Waals surface area contributed by atoms with Gasteiger partial charge in [0.05, 0.1) is 0 Å². The number of Topliss-reactive ketones (excluding diaryl/α,β-unsaturated/α-hetero) is 3. The zero-order valence-electron chi connectivity index (χ0n) is 14.7. The number of benzene rings is 2. The molecule has 2 aromatic rings. The molecule has 26 heavy (non-hydrogen) atoms. The Hall–Kier alpha value is -2.26. The van der Waals surface area contributed by atoms with Gasteiger partial charge in [0.2, 0.25) is 0 Å². The van der Waals surface area contributed by atoms with E-state index in [1.807, 2.05) is 49.4 Å². The summed E-state index contributed by atoms with van der Waals surface area (Å²) in [6, 6.07) is 15.2. The lowest BCUT2D eigenvalue weighted by Gasteiger charge is -2.26. The Bertz CT molecular complexity index is 821. The van der Waals surface area contributed by atoms with E-state index >= 15 is 0 Å². The van der Waals surface area contributed by atoms with Crippen molar-refractivity contribution in [3.8, 4) is 0 Å². The molecule has 1 saturated carbocycles. The van der Waals surface area contributed by atoms with Crippen molar-refractivity contribution in [3.63, 3.8) is 0 Å². The average molecular weight is 369 g/mol. The van der Waals surface area contributed by atoms with Crippen LogP contribution in [0.2, 0.25) is 5.02 Å². The van der Waals surface area contributed by atoms with Crippen molar-refractivity contribution in [1.82, 2.24) is 0 Å². The number of rotatable bonds is 5. The first kappa shape index (κ1) is 18.5. The minimum absolute atomic E-state index is 0.122. The predicted octanol–water partition coefficient (Wildman–Crippen LogP) is 4.48. The Morgan fingerprint density at radius 3 is 2.23 bits per heavy atom. The van der Waals surface area contributed by atoms with Gasteiger partial charge in [0, 0.05) is 24.3 Å². The molecule has 0 saturated heterocycles. The van der Waals surface area contributed by atoms with E-state index in [2.05, 4.69) is 0 Å². The van der Waals surface area contributed by atoms with Crippen molar-refractivity contribution in [2.45, 2.75) is 38.5 Å². The molecule has 0 N–H and O–H groups in total. The lowest BCUT2D eigenvalue weighted by molar-refractivity contribution is -0.142. The number of halogens is 1. The van der Waals surface area contributed by atoms with E-state index in [0.29, 0.717) is 11.4 Å². The SMILES string of the molecule is Cc1ccc(C2CC(=O)C(C(=O)CCc3ccccc3Cl)C(=O)C2)cc1. The van der Waals surface area contributed by atoms with Gasteiger partial charge in [0.15, 0.2) is 17.3 Å². The number of hydrogen-bond acceptors (Lipinski definition) is 3. The van der Waals surface area contributed by atoms with E-state index < -0.39 is 5.92 Å². The maximum Gasteiger partial charge on any atom is 0.151 e. The Morgan fingerprint density at radius 2 is 1.62 bits per heavy atom. The standard InChI is InChI=1S/C22H21ClO3/c1-14-6-8-15(9-7-14)17-12-20(25)22(21(26)13-17)19(24)11-10-16-4-2-3-5-18(16)23/h2-9,17,22H,10-13H2,1H3. The fraction of sp³-hybridized carbons (Fsp3) is 0.318. The van der Waals surface area contributed by atoms with Crippen LogP contribution in [0.15, 0.2) is 48.5 Å². The molecule has 0 bridgehead atoms. The minimum atomic E-state index is -1.10. The number of ketones is 3. The summed E-state index contributed by atoms with van der Waals surface area (Å²) in [7, 11) is 0. The molecule has 1 fully saturated rings. The van der Waals surface area contributed by atoms with E-state index in [-0.39, 0.29) is 42.5 Å². The van der Waals surface area contributed by atoms with Gasteiger partial charge in [-0.25, -0.2) is 0 Å². The summed E-state index contributed by atoms with van der Waals surface area (Å²) in [4.78, 5) is 37.5. The Balaban J connectivity index is 1.65. The molecule has 1 aliphatic rings. The molecule has 3 rings (SSSR count). The highest BCUT2D eigenvalue weighted by Gasteiger charge is 2.39. The lowest BCUT2D eigenvalue weighted by atomic mass is 9.74. The van der Waals surface area contributed by atoms with Crippen molar-refractivity contribution < 1.29 is 14.4 Å². The average Bonchev–Trinajstić information content (AvgIpc) is 2.61. The van der Waals surface area contributed by atoms with Crippen molar-refractivity contribution >= 4 is 29.0 Å². The highest BCUT2D eigenvalue weighted by molar-refractivity contribution is 6.31. The van der Waals surface area contributed by atoms with Gasteiger partial charge in [-0.1, -0.05) is 59.6 Å². The van der Waals surface area contributed by atoms with Gasteiger partial charge in [-0.05, 0) is 36.5 Å². The van der Waals surface area contributed by atoms with Gasteiger partial charge in [0.25, 0.3) is 0 Å². The van der Waals surface area contributed by atoms with Gasteiger partial charge in [-0.15, -0.1) is 0 Å². The van der Waals surface area contributed by atoms with Crippen LogP contribution in [0.25, 0.3) is 0 Å². The summed E-state index contributed by atoms with van der Waals surface area (Å²) in [5.74, 6) is -2.02. The topological polar surface area (TPSA) is 51.2 Å². The van der Waals surface area contributed by atoms with Crippen LogP contribution in [0.5, 0.6) is 0 Å². The third-order valence-corrected chi connectivity index (χ3v) is 5.38. The highest BCUT2D eigenvalue weighted by atomic mass is 35.5. The summed E-state index contributed by atoms with van der Waals surface area (Å²) >= 11 is 6.10. The van der Waals surface area contributed by atoms with Crippen LogP contribution < -0.4 is 0 Å². The Morgan fingerprint density at radius 1 is 1.00 bits per heavy atom. The highest BCUT2D eigenvalue weighted by Crippen LogP contribution is 2.33. The zero-order valence-corrected chi connectivity index (χ0v) is 15.5. The molecule has 0 atom stereocenters. The maximum atomic E-state index is 12.5. The first-order valence-corrected chi connectivity index (χ1v) is 9.21. The number of carbonyl (C=O) groups excluding carboxylic acids is 3. The molecule has 0 spiro atoms. The Kier molecular flexibility index (Phi) is 5.67. The minimum Gasteiger partial charge on any atom is -0.298 e. The number of carbonyl (C=O) groups is 3. The van der Waals surface area contributed by atoms with Crippen LogP contribution in [0.3, 0.4) is 0 Å². The lowest BCUT2D eigenvalue weighted by Crippen LogP contribution is -2.38. The van der Waals surface area contributed by atoms with E-state index in [1.54, 1.807) is 6.07 Å². The summed E-state index contributed by atoms with van der Waals surface area (Å²) in [6.45, 7) is 1.99. The van der Waals surface area contributed by atoms with Gasteiger partial charge in [0.1, 0.15) is 5.92 Å². The number of aryl methyl sites for hydroxylation is 2. The molecule has 0 heterocycles. The van der Waals surface area contributed by atoms with E-state index in [9.17, 15) is 14.4 Å². The summed E-state index contributed by atoms with van der Waals surface area (Å²) in [5.41, 5.74) is 2.98. The maximum absolute atomic E-state index is 12.5. The van der Waals surface area contributed by atoms with Crippen LogP contribution in [0.4, 0.5) is 0 Å². The quantitative estimate of drug-likeness (QED) is 0.731. The monoisotopic (exact) mass is 368 g/mol. The molecule has 134 valence electrons. The van der Waals surface area contributed by atoms with Crippen LogP contribution >= 0.6 is 11.6 Å². The van der Waals surface area contributed by atoms with Crippen LogP contribution in [-0.4, -0.2) is 17.3 Å². The smallest absolute Gasteiger partial charge is 0.151 e. The summed E-state index contributed by atoms with van der Waals surface area (Å²) < 4.78 is 0. The zero-order chi connectivity index (χ0) is 18.7. The van der Waals surface area contributed by atoms with E-state index in [0.717, 1.165) is 16.7 Å². The first-order chi connectivity index (χ1) is 12.5. The third-order valence-electron chi connectivity index (χ3n) is 5.01. The molecule has 4 heteroatoms. The second-order valence-corrected chi connectivity index (χ2v) is 7.35. The summed E-state index contributed by atoms with van der Waals surface area (Å²) in [5, 5.41) is 0.598. The second kappa shape index (κ2) is 7.96. The molecule has 0 aromatic heterocycles. The van der Waals surface area contributed by atoms with Gasteiger partial charge in [-0.2, -0.15) is 0 Å². The molecular weight excluding hydrogens is 348 g/mol. The third kappa shape index (κ3) is 4.10.